The fourth-order valence-electron chi connectivity index (χ4n) is 3.70. The highest BCUT2D eigenvalue weighted by Gasteiger charge is 2.38. The Morgan fingerprint density at radius 2 is 1.92 bits per heavy atom. The predicted octanol–water partition coefficient (Wildman–Crippen LogP) is 3.23. The summed E-state index contributed by atoms with van der Waals surface area (Å²) in [4.78, 5) is 14.7. The number of carbonyl (C=O) groups excluding carboxylic acids is 1. The van der Waals surface area contributed by atoms with Crippen molar-refractivity contribution in [3.05, 3.63) is 59.5 Å². The summed E-state index contributed by atoms with van der Waals surface area (Å²) in [7, 11) is -3.08. The second-order valence-electron chi connectivity index (χ2n) is 7.48. The molecule has 2 heterocycles. The average molecular weight is 373 g/mol. The average Bonchev–Trinajstić information content (AvgIpc) is 3.03. The standard InChI is InChI=1S/C20H23NO4S/c1-14-11-18(14)19-8-7-17(25-19)12-21(16-9-10-26(23,24)13-16)20(22)15-5-3-2-4-6-15/h2-8,14,16,18H,9-13H2,1H3. The van der Waals surface area contributed by atoms with Crippen LogP contribution in [0.15, 0.2) is 46.9 Å². The van der Waals surface area contributed by atoms with E-state index in [4.69, 9.17) is 4.42 Å². The highest BCUT2D eigenvalue weighted by molar-refractivity contribution is 7.91. The maximum absolute atomic E-state index is 13.0. The molecule has 2 fully saturated rings. The second kappa shape index (κ2) is 6.58. The molecule has 1 aromatic carbocycles. The van der Waals surface area contributed by atoms with Crippen LogP contribution in [0.2, 0.25) is 0 Å². The van der Waals surface area contributed by atoms with Gasteiger partial charge in [-0.05, 0) is 43.0 Å². The summed E-state index contributed by atoms with van der Waals surface area (Å²) in [5.74, 6) is 2.83. The van der Waals surface area contributed by atoms with E-state index in [2.05, 4.69) is 6.92 Å². The zero-order valence-corrected chi connectivity index (χ0v) is 15.6. The SMILES string of the molecule is CC1CC1c1ccc(CN(C(=O)c2ccccc2)C2CCS(=O)(=O)C2)o1. The molecule has 0 N–H and O–H groups in total. The molecule has 1 saturated carbocycles. The van der Waals surface area contributed by atoms with Crippen molar-refractivity contribution in [3.8, 4) is 0 Å². The fraction of sp³-hybridized carbons (Fsp3) is 0.450. The number of amides is 1. The lowest BCUT2D eigenvalue weighted by Crippen LogP contribution is -2.40. The van der Waals surface area contributed by atoms with Gasteiger partial charge in [-0.1, -0.05) is 25.1 Å². The molecular weight excluding hydrogens is 350 g/mol. The van der Waals surface area contributed by atoms with Gasteiger partial charge >= 0.3 is 0 Å². The summed E-state index contributed by atoms with van der Waals surface area (Å²) in [5.41, 5.74) is 0.569. The van der Waals surface area contributed by atoms with Gasteiger partial charge in [0.15, 0.2) is 9.84 Å². The van der Waals surface area contributed by atoms with Crippen molar-refractivity contribution in [1.82, 2.24) is 4.90 Å². The summed E-state index contributed by atoms with van der Waals surface area (Å²) >= 11 is 0. The van der Waals surface area contributed by atoms with E-state index in [0.29, 0.717) is 36.1 Å². The number of nitrogens with zero attached hydrogens (tertiary/aromatic N) is 1. The molecule has 1 aliphatic carbocycles. The van der Waals surface area contributed by atoms with Gasteiger partial charge in [-0.3, -0.25) is 4.79 Å². The van der Waals surface area contributed by atoms with Gasteiger partial charge in [0.1, 0.15) is 11.5 Å². The molecule has 0 radical (unpaired) electrons. The molecule has 6 heteroatoms. The van der Waals surface area contributed by atoms with Crippen LogP contribution in [0.25, 0.3) is 0 Å². The van der Waals surface area contributed by atoms with Gasteiger partial charge in [0.2, 0.25) is 0 Å². The number of benzene rings is 1. The molecular formula is C20H23NO4S. The van der Waals surface area contributed by atoms with Gasteiger partial charge in [-0.2, -0.15) is 0 Å². The predicted molar refractivity (Wildman–Crippen MR) is 98.6 cm³/mol. The summed E-state index contributed by atoms with van der Waals surface area (Å²) in [5, 5.41) is 0. The Morgan fingerprint density at radius 3 is 2.54 bits per heavy atom. The summed E-state index contributed by atoms with van der Waals surface area (Å²) in [6, 6.07) is 12.6. The van der Waals surface area contributed by atoms with E-state index >= 15 is 0 Å². The maximum Gasteiger partial charge on any atom is 0.254 e. The quantitative estimate of drug-likeness (QED) is 0.807. The molecule has 3 atom stereocenters. The molecule has 1 saturated heterocycles. The van der Waals surface area contributed by atoms with E-state index < -0.39 is 9.84 Å². The maximum atomic E-state index is 13.0. The highest BCUT2D eigenvalue weighted by Crippen LogP contribution is 2.47. The summed E-state index contributed by atoms with van der Waals surface area (Å²) in [6.07, 6.45) is 1.62. The van der Waals surface area contributed by atoms with Crippen LogP contribution >= 0.6 is 0 Å². The highest BCUT2D eigenvalue weighted by atomic mass is 32.2. The molecule has 0 bridgehead atoms. The van der Waals surface area contributed by atoms with Crippen molar-refractivity contribution in [2.45, 2.75) is 38.3 Å². The van der Waals surface area contributed by atoms with Crippen LogP contribution < -0.4 is 0 Å². The Labute approximate surface area is 153 Å². The van der Waals surface area contributed by atoms with E-state index in [0.717, 1.165) is 12.2 Å². The van der Waals surface area contributed by atoms with Gasteiger partial charge in [-0.25, -0.2) is 8.42 Å². The molecule has 5 nitrogen and oxygen atoms in total. The lowest BCUT2D eigenvalue weighted by molar-refractivity contribution is 0.0665. The number of hydrogen-bond acceptors (Lipinski definition) is 4. The normalized spacial score (nSPS) is 26.6. The molecule has 1 aliphatic heterocycles. The lowest BCUT2D eigenvalue weighted by Gasteiger charge is -2.27. The molecule has 26 heavy (non-hydrogen) atoms. The number of sulfone groups is 1. The van der Waals surface area contributed by atoms with Crippen LogP contribution in [0.1, 0.15) is 47.6 Å². The Balaban J connectivity index is 1.58. The smallest absolute Gasteiger partial charge is 0.254 e. The van der Waals surface area contributed by atoms with Crippen molar-refractivity contribution < 1.29 is 17.6 Å². The van der Waals surface area contributed by atoms with Crippen LogP contribution in [0.5, 0.6) is 0 Å². The first kappa shape index (κ1) is 17.3. The third-order valence-electron chi connectivity index (χ3n) is 5.41. The minimum atomic E-state index is -3.08. The topological polar surface area (TPSA) is 67.6 Å². The van der Waals surface area contributed by atoms with Crippen LogP contribution in [-0.2, 0) is 16.4 Å². The molecule has 2 aromatic rings. The van der Waals surface area contributed by atoms with Crippen molar-refractivity contribution >= 4 is 15.7 Å². The number of hydrogen-bond donors (Lipinski definition) is 0. The van der Waals surface area contributed by atoms with Crippen LogP contribution in [-0.4, -0.2) is 36.8 Å². The first-order chi connectivity index (χ1) is 12.4. The molecule has 0 spiro atoms. The summed E-state index contributed by atoms with van der Waals surface area (Å²) in [6.45, 7) is 2.50. The van der Waals surface area contributed by atoms with E-state index in [1.165, 1.54) is 0 Å². The van der Waals surface area contributed by atoms with Crippen molar-refractivity contribution in [3.63, 3.8) is 0 Å². The molecule has 1 aromatic heterocycles. The first-order valence-electron chi connectivity index (χ1n) is 9.08. The van der Waals surface area contributed by atoms with Gasteiger partial charge < -0.3 is 9.32 Å². The lowest BCUT2D eigenvalue weighted by atomic mass is 10.1. The minimum absolute atomic E-state index is 0.0266. The molecule has 4 rings (SSSR count). The van der Waals surface area contributed by atoms with E-state index in [-0.39, 0.29) is 23.5 Å². The van der Waals surface area contributed by atoms with Crippen molar-refractivity contribution in [1.29, 1.82) is 0 Å². The number of rotatable bonds is 5. The minimum Gasteiger partial charge on any atom is -0.464 e. The Kier molecular flexibility index (Phi) is 4.39. The third-order valence-corrected chi connectivity index (χ3v) is 7.16. The van der Waals surface area contributed by atoms with E-state index in [9.17, 15) is 13.2 Å². The van der Waals surface area contributed by atoms with Gasteiger partial charge in [0, 0.05) is 17.5 Å². The van der Waals surface area contributed by atoms with E-state index in [1.807, 2.05) is 30.3 Å². The number of furan rings is 1. The zero-order valence-electron chi connectivity index (χ0n) is 14.8. The number of carbonyl (C=O) groups is 1. The molecule has 2 aliphatic rings. The fourth-order valence-corrected chi connectivity index (χ4v) is 5.43. The summed E-state index contributed by atoms with van der Waals surface area (Å²) < 4.78 is 29.8. The van der Waals surface area contributed by atoms with E-state index in [1.54, 1.807) is 17.0 Å². The Hall–Kier alpha value is -2.08. The monoisotopic (exact) mass is 373 g/mol. The Bertz CT molecular complexity index is 903. The molecule has 138 valence electrons. The van der Waals surface area contributed by atoms with Gasteiger partial charge in [-0.15, -0.1) is 0 Å². The third kappa shape index (κ3) is 3.56. The van der Waals surface area contributed by atoms with Crippen molar-refractivity contribution in [2.75, 3.05) is 11.5 Å². The van der Waals surface area contributed by atoms with Crippen molar-refractivity contribution in [2.24, 2.45) is 5.92 Å². The van der Waals surface area contributed by atoms with Gasteiger partial charge in [0.25, 0.3) is 5.91 Å². The Morgan fingerprint density at radius 1 is 1.19 bits per heavy atom. The van der Waals surface area contributed by atoms with Crippen LogP contribution in [0.3, 0.4) is 0 Å². The molecule has 3 unspecified atom stereocenters. The zero-order chi connectivity index (χ0) is 18.3. The van der Waals surface area contributed by atoms with Crippen LogP contribution in [0.4, 0.5) is 0 Å². The van der Waals surface area contributed by atoms with Crippen LogP contribution in [0, 0.1) is 5.92 Å². The largest absolute Gasteiger partial charge is 0.464 e. The second-order valence-corrected chi connectivity index (χ2v) is 9.71. The van der Waals surface area contributed by atoms with Gasteiger partial charge in [0.05, 0.1) is 18.1 Å². The first-order valence-corrected chi connectivity index (χ1v) is 10.9. The molecule has 1 amide bonds.